The molecule has 0 fully saturated rings. The highest BCUT2D eigenvalue weighted by molar-refractivity contribution is 9.11. The lowest BCUT2D eigenvalue weighted by Gasteiger charge is -2.09. The molecule has 0 radical (unpaired) electrons. The average Bonchev–Trinajstić information content (AvgIpc) is 2.65. The number of hydrogen-bond donors (Lipinski definition) is 1. The molecule has 2 rings (SSSR count). The topological polar surface area (TPSA) is 20.2 Å². The zero-order valence-electron chi connectivity index (χ0n) is 7.65. The summed E-state index contributed by atoms with van der Waals surface area (Å²) in [6, 6.07) is 9.88. The molecule has 0 saturated carbocycles. The van der Waals surface area contributed by atoms with Crippen LogP contribution in [0.5, 0.6) is 0 Å². The first-order valence-electron chi connectivity index (χ1n) is 4.36. The largest absolute Gasteiger partial charge is 0.383 e. The number of aliphatic hydroxyl groups excluding tert-OH is 1. The van der Waals surface area contributed by atoms with Gasteiger partial charge in [0.2, 0.25) is 0 Å². The van der Waals surface area contributed by atoms with Gasteiger partial charge in [-0.15, -0.1) is 11.3 Å². The van der Waals surface area contributed by atoms with E-state index >= 15 is 0 Å². The number of thiophene rings is 1. The minimum atomic E-state index is -0.887. The van der Waals surface area contributed by atoms with Crippen LogP contribution in [0.3, 0.4) is 0 Å². The summed E-state index contributed by atoms with van der Waals surface area (Å²) >= 11 is 4.70. The molecule has 2 aromatic rings. The maximum atomic E-state index is 13.4. The molecule has 15 heavy (non-hydrogen) atoms. The van der Waals surface area contributed by atoms with E-state index in [-0.39, 0.29) is 5.82 Å². The lowest BCUT2D eigenvalue weighted by atomic mass is 10.1. The Hall–Kier alpha value is -0.710. The van der Waals surface area contributed by atoms with Gasteiger partial charge in [0.25, 0.3) is 0 Å². The fourth-order valence-corrected chi connectivity index (χ4v) is 2.75. The first kappa shape index (κ1) is 10.8. The summed E-state index contributed by atoms with van der Waals surface area (Å²) in [4.78, 5) is 0.729. The van der Waals surface area contributed by atoms with Crippen LogP contribution in [0.4, 0.5) is 4.39 Å². The monoisotopic (exact) mass is 286 g/mol. The van der Waals surface area contributed by atoms with Crippen LogP contribution in [0.1, 0.15) is 16.5 Å². The SMILES string of the molecule is OC(c1ccc(Br)s1)c1ccccc1F. The van der Waals surface area contributed by atoms with E-state index in [1.165, 1.54) is 17.4 Å². The Morgan fingerprint density at radius 3 is 2.53 bits per heavy atom. The van der Waals surface area contributed by atoms with Gasteiger partial charge in [-0.3, -0.25) is 0 Å². The Balaban J connectivity index is 2.36. The number of rotatable bonds is 2. The molecule has 0 aliphatic heterocycles. The van der Waals surface area contributed by atoms with Crippen LogP contribution in [0.2, 0.25) is 0 Å². The quantitative estimate of drug-likeness (QED) is 0.892. The zero-order chi connectivity index (χ0) is 10.8. The van der Waals surface area contributed by atoms with Gasteiger partial charge >= 0.3 is 0 Å². The Bertz CT molecular complexity index is 469. The third-order valence-corrected chi connectivity index (χ3v) is 3.74. The van der Waals surface area contributed by atoms with E-state index in [1.54, 1.807) is 24.3 Å². The highest BCUT2D eigenvalue weighted by Crippen LogP contribution is 2.31. The van der Waals surface area contributed by atoms with Crippen molar-refractivity contribution in [1.82, 2.24) is 0 Å². The summed E-state index contributed by atoms with van der Waals surface area (Å²) in [5.41, 5.74) is 0.312. The van der Waals surface area contributed by atoms with Crippen LogP contribution in [0.15, 0.2) is 40.2 Å². The smallest absolute Gasteiger partial charge is 0.129 e. The third-order valence-electron chi connectivity index (χ3n) is 2.06. The van der Waals surface area contributed by atoms with E-state index in [0.29, 0.717) is 5.56 Å². The molecule has 0 aliphatic rings. The molecule has 0 spiro atoms. The average molecular weight is 287 g/mol. The van der Waals surface area contributed by atoms with E-state index in [9.17, 15) is 9.50 Å². The summed E-state index contributed by atoms with van der Waals surface area (Å²) in [7, 11) is 0. The predicted molar refractivity (Wildman–Crippen MR) is 62.5 cm³/mol. The summed E-state index contributed by atoms with van der Waals surface area (Å²) in [6.07, 6.45) is -0.887. The van der Waals surface area contributed by atoms with Crippen molar-refractivity contribution >= 4 is 27.3 Å². The normalized spacial score (nSPS) is 12.7. The number of hydrogen-bond acceptors (Lipinski definition) is 2. The van der Waals surface area contributed by atoms with E-state index in [0.717, 1.165) is 8.66 Å². The summed E-state index contributed by atoms with van der Waals surface area (Å²) < 4.78 is 14.3. The van der Waals surface area contributed by atoms with Crippen molar-refractivity contribution in [3.05, 3.63) is 56.4 Å². The number of aliphatic hydroxyl groups is 1. The Morgan fingerprint density at radius 2 is 1.93 bits per heavy atom. The highest BCUT2D eigenvalue weighted by Gasteiger charge is 2.15. The summed E-state index contributed by atoms with van der Waals surface area (Å²) in [5, 5.41) is 9.94. The van der Waals surface area contributed by atoms with Crippen LogP contribution in [-0.4, -0.2) is 5.11 Å². The highest BCUT2D eigenvalue weighted by atomic mass is 79.9. The van der Waals surface area contributed by atoms with Crippen molar-refractivity contribution in [2.75, 3.05) is 0 Å². The molecule has 0 bridgehead atoms. The van der Waals surface area contributed by atoms with E-state index in [4.69, 9.17) is 0 Å². The molecule has 1 aromatic heterocycles. The second-order valence-electron chi connectivity index (χ2n) is 3.07. The zero-order valence-corrected chi connectivity index (χ0v) is 10.1. The second kappa shape index (κ2) is 4.43. The fraction of sp³-hybridized carbons (Fsp3) is 0.0909. The Morgan fingerprint density at radius 1 is 1.20 bits per heavy atom. The molecule has 0 saturated heterocycles. The molecule has 1 heterocycles. The minimum absolute atomic E-state index is 0.312. The van der Waals surface area contributed by atoms with Crippen molar-refractivity contribution in [3.8, 4) is 0 Å². The Labute approximate surface area is 99.3 Å². The van der Waals surface area contributed by atoms with Gasteiger partial charge in [-0.05, 0) is 34.1 Å². The summed E-state index contributed by atoms with van der Waals surface area (Å²) in [5.74, 6) is -0.380. The molecule has 1 unspecified atom stereocenters. The van der Waals surface area contributed by atoms with Crippen molar-refractivity contribution in [1.29, 1.82) is 0 Å². The van der Waals surface area contributed by atoms with Crippen molar-refractivity contribution in [2.45, 2.75) is 6.10 Å². The van der Waals surface area contributed by atoms with Gasteiger partial charge in [-0.25, -0.2) is 4.39 Å². The van der Waals surface area contributed by atoms with Crippen molar-refractivity contribution in [2.24, 2.45) is 0 Å². The lowest BCUT2D eigenvalue weighted by molar-refractivity contribution is 0.219. The molecule has 4 heteroatoms. The van der Waals surface area contributed by atoms with Crippen LogP contribution < -0.4 is 0 Å². The summed E-state index contributed by atoms with van der Waals surface area (Å²) in [6.45, 7) is 0. The lowest BCUT2D eigenvalue weighted by Crippen LogP contribution is -1.99. The van der Waals surface area contributed by atoms with Gasteiger partial charge in [0, 0.05) is 10.4 Å². The first-order valence-corrected chi connectivity index (χ1v) is 5.97. The van der Waals surface area contributed by atoms with E-state index in [2.05, 4.69) is 15.9 Å². The first-order chi connectivity index (χ1) is 7.18. The van der Waals surface area contributed by atoms with Gasteiger partial charge in [-0.1, -0.05) is 18.2 Å². The van der Waals surface area contributed by atoms with Gasteiger partial charge < -0.3 is 5.11 Å². The fourth-order valence-electron chi connectivity index (χ4n) is 1.33. The van der Waals surface area contributed by atoms with Crippen LogP contribution >= 0.6 is 27.3 Å². The van der Waals surface area contributed by atoms with Crippen molar-refractivity contribution in [3.63, 3.8) is 0 Å². The maximum absolute atomic E-state index is 13.4. The molecule has 78 valence electrons. The van der Waals surface area contributed by atoms with E-state index < -0.39 is 6.10 Å². The van der Waals surface area contributed by atoms with Gasteiger partial charge in [0.15, 0.2) is 0 Å². The molecular weight excluding hydrogens is 279 g/mol. The molecule has 1 atom stereocenters. The number of benzene rings is 1. The molecule has 0 aliphatic carbocycles. The van der Waals surface area contributed by atoms with Gasteiger partial charge in [-0.2, -0.15) is 0 Å². The predicted octanol–water partition coefficient (Wildman–Crippen LogP) is 3.73. The Kier molecular flexibility index (Phi) is 3.19. The van der Waals surface area contributed by atoms with Crippen LogP contribution in [0.25, 0.3) is 0 Å². The minimum Gasteiger partial charge on any atom is -0.383 e. The molecule has 1 N–H and O–H groups in total. The molecule has 1 aromatic carbocycles. The second-order valence-corrected chi connectivity index (χ2v) is 5.56. The molecule has 1 nitrogen and oxygen atoms in total. The standard InChI is InChI=1S/C11H8BrFOS/c12-10-6-5-9(15-10)11(14)7-3-1-2-4-8(7)13/h1-6,11,14H. The third kappa shape index (κ3) is 2.27. The van der Waals surface area contributed by atoms with Gasteiger partial charge in [0.05, 0.1) is 3.79 Å². The van der Waals surface area contributed by atoms with Gasteiger partial charge in [0.1, 0.15) is 11.9 Å². The van der Waals surface area contributed by atoms with E-state index in [1.807, 2.05) is 6.07 Å². The molecule has 0 amide bonds. The molecular formula is C11H8BrFOS. The number of halogens is 2. The maximum Gasteiger partial charge on any atom is 0.129 e. The van der Waals surface area contributed by atoms with Crippen LogP contribution in [-0.2, 0) is 0 Å². The van der Waals surface area contributed by atoms with Crippen molar-refractivity contribution < 1.29 is 9.50 Å². The van der Waals surface area contributed by atoms with Crippen LogP contribution in [0, 0.1) is 5.82 Å².